The maximum atomic E-state index is 13.9. The second kappa shape index (κ2) is 14.9. The Morgan fingerprint density at radius 2 is 1.67 bits per heavy atom. The second-order valence-electron chi connectivity index (χ2n) is 12.2. The highest BCUT2D eigenvalue weighted by Crippen LogP contribution is 2.33. The summed E-state index contributed by atoms with van der Waals surface area (Å²) in [4.78, 5) is 32.0. The number of hydrogen-bond acceptors (Lipinski definition) is 6. The number of aryl methyl sites for hydroxylation is 1. The molecule has 2 amide bonds. The third kappa shape index (κ3) is 9.53. The summed E-state index contributed by atoms with van der Waals surface area (Å²) in [6.07, 6.45) is 2.63. The zero-order valence-electron chi connectivity index (χ0n) is 26.4. The van der Waals surface area contributed by atoms with Crippen LogP contribution in [0.2, 0.25) is 0 Å². The average Bonchev–Trinajstić information content (AvgIpc) is 2.99. The summed E-state index contributed by atoms with van der Waals surface area (Å²) in [5, 5.41) is 2.73. The molecular formula is C34H41F3N4O4. The number of hydrazine groups is 1. The van der Waals surface area contributed by atoms with Gasteiger partial charge >= 0.3 is 0 Å². The van der Waals surface area contributed by atoms with Crippen molar-refractivity contribution in [3.63, 3.8) is 0 Å². The van der Waals surface area contributed by atoms with Crippen LogP contribution < -0.4 is 15.2 Å². The van der Waals surface area contributed by atoms with Gasteiger partial charge in [-0.3, -0.25) is 19.3 Å². The second-order valence-corrected chi connectivity index (χ2v) is 12.2. The molecule has 1 fully saturated rings. The zero-order valence-corrected chi connectivity index (χ0v) is 26.4. The largest absolute Gasteiger partial charge is 0.454 e. The van der Waals surface area contributed by atoms with Crippen molar-refractivity contribution in [1.82, 2.24) is 15.4 Å². The van der Waals surface area contributed by atoms with Gasteiger partial charge in [-0.2, -0.15) is 0 Å². The van der Waals surface area contributed by atoms with Gasteiger partial charge in [-0.05, 0) is 100 Å². The first-order valence-electron chi connectivity index (χ1n) is 15.0. The minimum atomic E-state index is -1.27. The Morgan fingerprint density at radius 1 is 1.00 bits per heavy atom. The van der Waals surface area contributed by atoms with Gasteiger partial charge in [0.2, 0.25) is 12.3 Å². The Bertz CT molecular complexity index is 1470. The number of amides is 2. The first kappa shape index (κ1) is 34.0. The Kier molecular flexibility index (Phi) is 11.2. The van der Waals surface area contributed by atoms with Gasteiger partial charge in [0.1, 0.15) is 5.75 Å². The molecule has 0 atom stereocenters. The molecule has 4 rings (SSSR count). The van der Waals surface area contributed by atoms with Crippen LogP contribution in [0.5, 0.6) is 11.5 Å². The lowest BCUT2D eigenvalue weighted by atomic mass is 9.86. The van der Waals surface area contributed by atoms with Gasteiger partial charge < -0.3 is 4.74 Å². The molecule has 11 heteroatoms. The number of nitrogens with one attached hydrogen (secondary N) is 1. The summed E-state index contributed by atoms with van der Waals surface area (Å²) < 4.78 is 46.0. The van der Waals surface area contributed by atoms with Gasteiger partial charge in [0, 0.05) is 32.1 Å². The molecule has 0 unspecified atom stereocenters. The highest BCUT2D eigenvalue weighted by molar-refractivity contribution is 5.74. The van der Waals surface area contributed by atoms with E-state index in [0.29, 0.717) is 30.3 Å². The maximum Gasteiger partial charge on any atom is 0.243 e. The number of anilines is 1. The van der Waals surface area contributed by atoms with Crippen LogP contribution in [0.15, 0.2) is 54.6 Å². The molecule has 0 saturated carbocycles. The van der Waals surface area contributed by atoms with Crippen molar-refractivity contribution in [2.75, 3.05) is 31.2 Å². The predicted molar refractivity (Wildman–Crippen MR) is 166 cm³/mol. The molecule has 1 aliphatic rings. The van der Waals surface area contributed by atoms with Crippen molar-refractivity contribution in [2.45, 2.75) is 65.5 Å². The number of halogens is 3. The number of piperidine rings is 1. The summed E-state index contributed by atoms with van der Waals surface area (Å²) in [7, 11) is 0. The third-order valence-corrected chi connectivity index (χ3v) is 7.54. The van der Waals surface area contributed by atoms with Gasteiger partial charge in [-0.25, -0.2) is 28.7 Å². The summed E-state index contributed by atoms with van der Waals surface area (Å²) in [5.41, 5.74) is 6.71. The quantitative estimate of drug-likeness (QED) is 0.138. The molecule has 45 heavy (non-hydrogen) atoms. The van der Waals surface area contributed by atoms with Crippen molar-refractivity contribution in [2.24, 2.45) is 0 Å². The zero-order chi connectivity index (χ0) is 32.7. The standard InChI is InChI=1S/C34H41F3N4O4/c1-23-6-9-27(40(22-42)38-14-17-41(24(2)43)45-34(3,4)5)18-29(23)26-12-15-39(16-13-26)21-25-7-10-28(11-8-25)44-33-20-31(36)30(35)19-32(33)37/h6-11,18-20,22,26,38H,12-17,21H2,1-5H3. The highest BCUT2D eigenvalue weighted by Gasteiger charge is 2.24. The number of hydroxylamine groups is 2. The number of rotatable bonds is 12. The lowest BCUT2D eigenvalue weighted by Gasteiger charge is -2.33. The van der Waals surface area contributed by atoms with Crippen LogP contribution in [-0.4, -0.2) is 54.1 Å². The van der Waals surface area contributed by atoms with Crippen LogP contribution >= 0.6 is 0 Å². The van der Waals surface area contributed by atoms with Crippen LogP contribution in [0.4, 0.5) is 18.9 Å². The van der Waals surface area contributed by atoms with E-state index >= 15 is 0 Å². The Balaban J connectivity index is 1.31. The average molecular weight is 627 g/mol. The van der Waals surface area contributed by atoms with Crippen LogP contribution in [0.3, 0.4) is 0 Å². The van der Waals surface area contributed by atoms with Crippen LogP contribution in [0.25, 0.3) is 0 Å². The Labute approximate surface area is 262 Å². The van der Waals surface area contributed by atoms with E-state index in [9.17, 15) is 22.8 Å². The monoisotopic (exact) mass is 626 g/mol. The number of benzene rings is 3. The van der Waals surface area contributed by atoms with Crippen LogP contribution in [-0.2, 0) is 21.0 Å². The molecule has 0 aliphatic carbocycles. The third-order valence-electron chi connectivity index (χ3n) is 7.54. The highest BCUT2D eigenvalue weighted by atomic mass is 19.2. The van der Waals surface area contributed by atoms with Crippen molar-refractivity contribution in [1.29, 1.82) is 0 Å². The first-order valence-corrected chi connectivity index (χ1v) is 15.0. The smallest absolute Gasteiger partial charge is 0.243 e. The molecular weight excluding hydrogens is 585 g/mol. The van der Waals surface area contributed by atoms with Crippen molar-refractivity contribution in [3.8, 4) is 11.5 Å². The molecule has 1 N–H and O–H groups in total. The number of nitrogens with zero attached hydrogens (tertiary/aromatic N) is 3. The van der Waals surface area contributed by atoms with E-state index in [2.05, 4.69) is 23.3 Å². The SMILES string of the molecule is CC(=O)N(CCNN(C=O)c1ccc(C)c(C2CCN(Cc3ccc(Oc4cc(F)c(F)cc4F)cc3)CC2)c1)OC(C)(C)C. The van der Waals surface area contributed by atoms with Gasteiger partial charge in [0.15, 0.2) is 23.2 Å². The molecule has 3 aromatic rings. The summed E-state index contributed by atoms with van der Waals surface area (Å²) in [6, 6.07) is 14.2. The molecule has 0 bridgehead atoms. The number of likely N-dealkylation sites (tertiary alicyclic amines) is 1. The number of carbonyl (C=O) groups is 2. The topological polar surface area (TPSA) is 74.4 Å². The van der Waals surface area contributed by atoms with E-state index in [1.165, 1.54) is 22.6 Å². The number of ether oxygens (including phenoxy) is 1. The normalized spacial score (nSPS) is 14.3. The van der Waals surface area contributed by atoms with Crippen molar-refractivity contribution < 1.29 is 32.3 Å². The Morgan fingerprint density at radius 3 is 2.29 bits per heavy atom. The molecule has 0 aromatic heterocycles. The predicted octanol–water partition coefficient (Wildman–Crippen LogP) is 6.63. The van der Waals surface area contributed by atoms with Gasteiger partial charge in [0.05, 0.1) is 17.8 Å². The minimum absolute atomic E-state index is 0.212. The van der Waals surface area contributed by atoms with Gasteiger partial charge in [-0.15, -0.1) is 0 Å². The molecule has 3 aromatic carbocycles. The van der Waals surface area contributed by atoms with Crippen LogP contribution in [0.1, 0.15) is 63.1 Å². The molecule has 242 valence electrons. The van der Waals surface area contributed by atoms with E-state index in [1.807, 2.05) is 45.0 Å². The Hall–Kier alpha value is -3.93. The van der Waals surface area contributed by atoms with Crippen molar-refractivity contribution >= 4 is 18.0 Å². The van der Waals surface area contributed by atoms with Crippen molar-refractivity contribution in [3.05, 3.63) is 88.7 Å². The van der Waals surface area contributed by atoms with E-state index in [-0.39, 0.29) is 18.2 Å². The molecule has 0 radical (unpaired) electrons. The molecule has 1 saturated heterocycles. The summed E-state index contributed by atoms with van der Waals surface area (Å²) in [5.74, 6) is -3.34. The van der Waals surface area contributed by atoms with Gasteiger partial charge in [0.25, 0.3) is 0 Å². The number of carbonyl (C=O) groups excluding carboxylic acids is 2. The first-order chi connectivity index (χ1) is 21.3. The molecule has 0 spiro atoms. The molecule has 1 aliphatic heterocycles. The van der Waals surface area contributed by atoms with E-state index in [1.54, 1.807) is 12.1 Å². The van der Waals surface area contributed by atoms with Gasteiger partial charge in [-0.1, -0.05) is 18.2 Å². The fourth-order valence-corrected chi connectivity index (χ4v) is 5.31. The minimum Gasteiger partial charge on any atom is -0.454 e. The maximum absolute atomic E-state index is 13.9. The van der Waals surface area contributed by atoms with Crippen LogP contribution in [0, 0.1) is 24.4 Å². The lowest BCUT2D eigenvalue weighted by Crippen LogP contribution is -2.45. The van der Waals surface area contributed by atoms with E-state index in [4.69, 9.17) is 9.57 Å². The fourth-order valence-electron chi connectivity index (χ4n) is 5.31. The summed E-state index contributed by atoms with van der Waals surface area (Å²) in [6.45, 7) is 12.2. The lowest BCUT2D eigenvalue weighted by molar-refractivity contribution is -0.224. The van der Waals surface area contributed by atoms with E-state index < -0.39 is 23.1 Å². The molecule has 8 nitrogen and oxygen atoms in total. The fraction of sp³-hybridized carbons (Fsp3) is 0.412. The molecule has 1 heterocycles. The number of hydrogen-bond donors (Lipinski definition) is 1. The van der Waals surface area contributed by atoms with E-state index in [0.717, 1.165) is 55.7 Å². The summed E-state index contributed by atoms with van der Waals surface area (Å²) >= 11 is 0.